The van der Waals surface area contributed by atoms with E-state index in [1.807, 2.05) is 6.07 Å². The molecule has 1 unspecified atom stereocenters. The van der Waals surface area contributed by atoms with Gasteiger partial charge in [-0.25, -0.2) is 0 Å². The number of benzene rings is 1. The molecule has 0 amide bonds. The first-order valence-corrected chi connectivity index (χ1v) is 5.27. The Morgan fingerprint density at radius 1 is 1.56 bits per heavy atom. The third-order valence-electron chi connectivity index (χ3n) is 2.30. The first-order valence-electron chi connectivity index (χ1n) is 4.90. The van der Waals surface area contributed by atoms with Crippen molar-refractivity contribution in [2.24, 2.45) is 0 Å². The fraction of sp³-hybridized carbons (Fsp3) is 0.333. The van der Waals surface area contributed by atoms with Crippen molar-refractivity contribution in [2.45, 2.75) is 18.8 Å². The van der Waals surface area contributed by atoms with Crippen molar-refractivity contribution in [3.05, 3.63) is 34.9 Å². The maximum absolute atomic E-state index is 11.0. The molecule has 3 nitrogen and oxygen atoms in total. The minimum atomic E-state index is -0.368. The second-order valence-corrected chi connectivity index (χ2v) is 3.73. The van der Waals surface area contributed by atoms with Crippen molar-refractivity contribution >= 4 is 17.6 Å². The largest absolute Gasteiger partial charge is 0.469 e. The zero-order valence-electron chi connectivity index (χ0n) is 8.94. The SMILES string of the molecule is COC(=O)CCC(C#N)c1ccccc1Cl. The van der Waals surface area contributed by atoms with Gasteiger partial charge in [-0.1, -0.05) is 29.8 Å². The van der Waals surface area contributed by atoms with Gasteiger partial charge in [-0.05, 0) is 18.1 Å². The maximum Gasteiger partial charge on any atom is 0.305 e. The van der Waals surface area contributed by atoms with Crippen LogP contribution >= 0.6 is 11.6 Å². The summed E-state index contributed by atoms with van der Waals surface area (Å²) >= 11 is 5.98. The molecule has 0 N–H and O–H groups in total. The van der Waals surface area contributed by atoms with E-state index in [0.29, 0.717) is 11.4 Å². The Hall–Kier alpha value is -1.53. The Bertz CT molecular complexity index is 412. The molecule has 1 aromatic rings. The summed E-state index contributed by atoms with van der Waals surface area (Å²) < 4.78 is 4.53. The van der Waals surface area contributed by atoms with Crippen molar-refractivity contribution in [3.63, 3.8) is 0 Å². The van der Waals surface area contributed by atoms with Gasteiger partial charge in [-0.3, -0.25) is 4.79 Å². The third-order valence-corrected chi connectivity index (χ3v) is 2.65. The van der Waals surface area contributed by atoms with Gasteiger partial charge < -0.3 is 4.74 Å². The van der Waals surface area contributed by atoms with E-state index in [0.717, 1.165) is 5.56 Å². The Kier molecular flexibility index (Phi) is 4.81. The number of methoxy groups -OCH3 is 1. The Labute approximate surface area is 99.6 Å². The molecular weight excluding hydrogens is 226 g/mol. The van der Waals surface area contributed by atoms with Crippen molar-refractivity contribution in [1.82, 2.24) is 0 Å². The average molecular weight is 238 g/mol. The molecule has 0 aliphatic heterocycles. The Morgan fingerprint density at radius 3 is 2.81 bits per heavy atom. The topological polar surface area (TPSA) is 50.1 Å². The number of nitriles is 1. The molecule has 1 atom stereocenters. The fourth-order valence-electron chi connectivity index (χ4n) is 1.41. The molecule has 0 saturated carbocycles. The lowest BCUT2D eigenvalue weighted by Crippen LogP contribution is -2.04. The van der Waals surface area contributed by atoms with E-state index in [1.54, 1.807) is 18.2 Å². The summed E-state index contributed by atoms with van der Waals surface area (Å²) in [7, 11) is 1.33. The molecule has 0 aliphatic rings. The quantitative estimate of drug-likeness (QED) is 0.757. The monoisotopic (exact) mass is 237 g/mol. The van der Waals surface area contributed by atoms with Gasteiger partial charge in [0.1, 0.15) is 0 Å². The van der Waals surface area contributed by atoms with E-state index in [4.69, 9.17) is 16.9 Å². The molecular formula is C12H12ClNO2. The van der Waals surface area contributed by atoms with Gasteiger partial charge in [0.15, 0.2) is 0 Å². The molecule has 84 valence electrons. The van der Waals surface area contributed by atoms with Gasteiger partial charge in [0, 0.05) is 11.4 Å². The summed E-state index contributed by atoms with van der Waals surface area (Å²) in [6.45, 7) is 0. The number of rotatable bonds is 4. The first-order chi connectivity index (χ1) is 7.69. The van der Waals surface area contributed by atoms with E-state index in [-0.39, 0.29) is 18.3 Å². The van der Waals surface area contributed by atoms with Crippen LogP contribution in [0.3, 0.4) is 0 Å². The van der Waals surface area contributed by atoms with Crippen LogP contribution in [0, 0.1) is 11.3 Å². The number of esters is 1. The number of hydrogen-bond donors (Lipinski definition) is 0. The molecule has 16 heavy (non-hydrogen) atoms. The van der Waals surface area contributed by atoms with E-state index in [2.05, 4.69) is 10.8 Å². The summed E-state index contributed by atoms with van der Waals surface area (Å²) in [5, 5.41) is 9.58. The van der Waals surface area contributed by atoms with Crippen LogP contribution in [0.1, 0.15) is 24.3 Å². The summed E-state index contributed by atoms with van der Waals surface area (Å²) in [5.41, 5.74) is 0.760. The molecule has 1 rings (SSSR count). The summed E-state index contributed by atoms with van der Waals surface area (Å²) in [5.74, 6) is -0.680. The summed E-state index contributed by atoms with van der Waals surface area (Å²) in [4.78, 5) is 11.0. The first kappa shape index (κ1) is 12.5. The van der Waals surface area contributed by atoms with Crippen LogP contribution in [0.4, 0.5) is 0 Å². The van der Waals surface area contributed by atoms with E-state index in [1.165, 1.54) is 7.11 Å². The predicted octanol–water partition coefficient (Wildman–Crippen LogP) is 2.90. The summed E-state index contributed by atoms with van der Waals surface area (Å²) in [6, 6.07) is 9.31. The molecule has 0 saturated heterocycles. The number of halogens is 1. The number of hydrogen-bond acceptors (Lipinski definition) is 3. The molecule has 0 heterocycles. The van der Waals surface area contributed by atoms with Crippen LogP contribution in [0.5, 0.6) is 0 Å². The molecule has 0 spiro atoms. The van der Waals surface area contributed by atoms with Gasteiger partial charge in [0.2, 0.25) is 0 Å². The van der Waals surface area contributed by atoms with Crippen LogP contribution in [0.2, 0.25) is 5.02 Å². The number of nitrogens with zero attached hydrogens (tertiary/aromatic N) is 1. The van der Waals surface area contributed by atoms with Gasteiger partial charge in [0.05, 0.1) is 19.1 Å². The number of carbonyl (C=O) groups is 1. The van der Waals surface area contributed by atoms with E-state index < -0.39 is 0 Å². The molecule has 0 bridgehead atoms. The smallest absolute Gasteiger partial charge is 0.305 e. The highest BCUT2D eigenvalue weighted by molar-refractivity contribution is 6.31. The van der Waals surface area contributed by atoms with Crippen LogP contribution in [-0.2, 0) is 9.53 Å². The zero-order valence-corrected chi connectivity index (χ0v) is 9.70. The second-order valence-electron chi connectivity index (χ2n) is 3.32. The van der Waals surface area contributed by atoms with Gasteiger partial charge in [-0.15, -0.1) is 0 Å². The second kappa shape index (κ2) is 6.14. The summed E-state index contributed by atoms with van der Waals surface area (Å²) in [6.07, 6.45) is 0.646. The maximum atomic E-state index is 11.0. The lowest BCUT2D eigenvalue weighted by molar-refractivity contribution is -0.140. The van der Waals surface area contributed by atoms with Crippen molar-refractivity contribution in [3.8, 4) is 6.07 Å². The molecule has 1 aromatic carbocycles. The van der Waals surface area contributed by atoms with Crippen LogP contribution in [0.25, 0.3) is 0 Å². The normalized spacial score (nSPS) is 11.6. The molecule has 0 aliphatic carbocycles. The minimum absolute atomic E-state index is 0.222. The van der Waals surface area contributed by atoms with Crippen molar-refractivity contribution in [1.29, 1.82) is 5.26 Å². The highest BCUT2D eigenvalue weighted by Crippen LogP contribution is 2.27. The fourth-order valence-corrected chi connectivity index (χ4v) is 1.68. The predicted molar refractivity (Wildman–Crippen MR) is 61.1 cm³/mol. The molecule has 4 heteroatoms. The molecule has 0 fully saturated rings. The van der Waals surface area contributed by atoms with Gasteiger partial charge in [-0.2, -0.15) is 5.26 Å². The minimum Gasteiger partial charge on any atom is -0.469 e. The average Bonchev–Trinajstić information content (AvgIpc) is 2.31. The van der Waals surface area contributed by atoms with Gasteiger partial charge in [0.25, 0.3) is 0 Å². The van der Waals surface area contributed by atoms with Crippen LogP contribution in [-0.4, -0.2) is 13.1 Å². The zero-order chi connectivity index (χ0) is 12.0. The number of carbonyl (C=O) groups excluding carboxylic acids is 1. The Morgan fingerprint density at radius 2 is 2.25 bits per heavy atom. The highest BCUT2D eigenvalue weighted by Gasteiger charge is 2.15. The highest BCUT2D eigenvalue weighted by atomic mass is 35.5. The molecule has 0 radical (unpaired) electrons. The van der Waals surface area contributed by atoms with Crippen LogP contribution < -0.4 is 0 Å². The number of ether oxygens (including phenoxy) is 1. The van der Waals surface area contributed by atoms with Crippen molar-refractivity contribution in [2.75, 3.05) is 7.11 Å². The van der Waals surface area contributed by atoms with Gasteiger partial charge >= 0.3 is 5.97 Å². The Balaban J connectivity index is 2.73. The van der Waals surface area contributed by atoms with E-state index >= 15 is 0 Å². The lowest BCUT2D eigenvalue weighted by atomic mass is 9.96. The van der Waals surface area contributed by atoms with E-state index in [9.17, 15) is 4.79 Å². The molecule has 0 aromatic heterocycles. The standard InChI is InChI=1S/C12H12ClNO2/c1-16-12(15)7-6-9(8-14)10-4-2-3-5-11(10)13/h2-5,9H,6-7H2,1H3. The third kappa shape index (κ3) is 3.25. The van der Waals surface area contributed by atoms with Crippen LogP contribution in [0.15, 0.2) is 24.3 Å². The van der Waals surface area contributed by atoms with Crippen molar-refractivity contribution < 1.29 is 9.53 Å². The lowest BCUT2D eigenvalue weighted by Gasteiger charge is -2.10.